The number of hydrogen-bond acceptors (Lipinski definition) is 7. The molecule has 0 spiro atoms. The zero-order valence-electron chi connectivity index (χ0n) is 29.3. The number of carboxylic acids is 1. The van der Waals surface area contributed by atoms with E-state index in [1.54, 1.807) is 12.1 Å². The number of carbonyl (C=O) groups is 1. The Labute approximate surface area is 293 Å². The molecule has 0 unspecified atom stereocenters. The number of aliphatic carboxylic acids is 1. The number of fused-ring (bicyclic) bond motifs is 1. The van der Waals surface area contributed by atoms with Crippen molar-refractivity contribution in [2.24, 2.45) is 0 Å². The predicted molar refractivity (Wildman–Crippen MR) is 189 cm³/mol. The maximum atomic E-state index is 13.3. The van der Waals surface area contributed by atoms with E-state index >= 15 is 0 Å². The Morgan fingerprint density at radius 3 is 2.40 bits per heavy atom. The third-order valence-electron chi connectivity index (χ3n) is 9.00. The maximum absolute atomic E-state index is 13.3. The van der Waals surface area contributed by atoms with Gasteiger partial charge in [-0.05, 0) is 118 Å². The van der Waals surface area contributed by atoms with Gasteiger partial charge in [0, 0.05) is 36.5 Å². The molecule has 0 radical (unpaired) electrons. The number of carboxylic acid groups (broad SMARTS) is 1. The average Bonchev–Trinajstić information content (AvgIpc) is 3.10. The van der Waals surface area contributed by atoms with Crippen molar-refractivity contribution in [1.82, 2.24) is 4.98 Å². The van der Waals surface area contributed by atoms with Crippen molar-refractivity contribution in [3.8, 4) is 33.8 Å². The van der Waals surface area contributed by atoms with Crippen molar-refractivity contribution in [1.29, 1.82) is 0 Å². The van der Waals surface area contributed by atoms with E-state index in [9.17, 15) is 14.3 Å². The molecule has 2 aliphatic rings. The van der Waals surface area contributed by atoms with Gasteiger partial charge in [0.2, 0.25) is 0 Å². The Morgan fingerprint density at radius 2 is 1.70 bits per heavy atom. The van der Waals surface area contributed by atoms with E-state index in [4.69, 9.17) is 28.7 Å². The summed E-state index contributed by atoms with van der Waals surface area (Å²) in [6.45, 7) is 10.1. The van der Waals surface area contributed by atoms with Crippen LogP contribution in [-0.2, 0) is 38.5 Å². The Balaban J connectivity index is 1.46. The van der Waals surface area contributed by atoms with E-state index < -0.39 is 17.7 Å². The first-order valence-corrected chi connectivity index (χ1v) is 17.4. The number of pyridine rings is 1. The number of ether oxygens (including phenoxy) is 5. The number of benzene rings is 3. The van der Waals surface area contributed by atoms with Crippen LogP contribution < -0.4 is 9.47 Å². The summed E-state index contributed by atoms with van der Waals surface area (Å²) >= 11 is 0. The van der Waals surface area contributed by atoms with Crippen LogP contribution in [0.2, 0.25) is 0 Å². The van der Waals surface area contributed by atoms with E-state index in [2.05, 4.69) is 6.07 Å². The van der Waals surface area contributed by atoms with Crippen LogP contribution in [0.25, 0.3) is 22.3 Å². The van der Waals surface area contributed by atoms with Gasteiger partial charge in [-0.25, -0.2) is 9.18 Å². The van der Waals surface area contributed by atoms with Crippen LogP contribution >= 0.6 is 0 Å². The number of halogens is 1. The molecule has 0 amide bonds. The highest BCUT2D eigenvalue weighted by Crippen LogP contribution is 2.44. The summed E-state index contributed by atoms with van der Waals surface area (Å²) < 4.78 is 43.7. The molecule has 3 heterocycles. The topological polar surface area (TPSA) is 96.3 Å². The third-order valence-corrected chi connectivity index (χ3v) is 9.00. The normalized spacial score (nSPS) is 15.6. The first-order valence-electron chi connectivity index (χ1n) is 17.4. The summed E-state index contributed by atoms with van der Waals surface area (Å²) in [5, 5.41) is 10.7. The Morgan fingerprint density at radius 1 is 0.980 bits per heavy atom. The number of hydrogen-bond donors (Lipinski definition) is 1. The van der Waals surface area contributed by atoms with Crippen molar-refractivity contribution in [3.05, 3.63) is 101 Å². The zero-order valence-corrected chi connectivity index (χ0v) is 29.3. The summed E-state index contributed by atoms with van der Waals surface area (Å²) in [7, 11) is 0. The average molecular weight is 684 g/mol. The molecule has 264 valence electrons. The van der Waals surface area contributed by atoms with E-state index in [1.165, 1.54) is 12.1 Å². The summed E-state index contributed by atoms with van der Waals surface area (Å²) in [4.78, 5) is 18.1. The highest BCUT2D eigenvalue weighted by molar-refractivity contribution is 5.91. The third kappa shape index (κ3) is 8.70. The van der Waals surface area contributed by atoms with Gasteiger partial charge in [-0.15, -0.1) is 0 Å². The number of nitrogens with zero attached hydrogens (tertiary/aromatic N) is 1. The second kappa shape index (κ2) is 15.7. The van der Waals surface area contributed by atoms with Gasteiger partial charge in [-0.1, -0.05) is 30.3 Å². The zero-order chi connectivity index (χ0) is 35.3. The molecule has 1 N–H and O–H groups in total. The molecule has 8 nitrogen and oxygen atoms in total. The molecule has 9 heteroatoms. The van der Waals surface area contributed by atoms with Crippen molar-refractivity contribution in [2.45, 2.75) is 84.2 Å². The lowest BCUT2D eigenvalue weighted by molar-refractivity contribution is -0.160. The van der Waals surface area contributed by atoms with Gasteiger partial charge in [0.05, 0.1) is 37.2 Å². The lowest BCUT2D eigenvalue weighted by Crippen LogP contribution is -2.29. The van der Waals surface area contributed by atoms with Crippen LogP contribution in [0.15, 0.2) is 66.7 Å². The minimum absolute atomic E-state index is 0.0376. The summed E-state index contributed by atoms with van der Waals surface area (Å²) in [5.41, 5.74) is 6.36. The number of rotatable bonds is 12. The van der Waals surface area contributed by atoms with Crippen LogP contribution in [0.4, 0.5) is 4.39 Å². The SMILES string of the molecule is Cc1nc(COC2CCOCC2)c(-c2ccc(OCCc3ccc(F)cc3)cc2)c(-c2ccc3c(c2)CCCO3)c1[C@H](OC(C)(C)C)C(=O)O. The van der Waals surface area contributed by atoms with Crippen molar-refractivity contribution >= 4 is 5.97 Å². The second-order valence-electron chi connectivity index (χ2n) is 13.9. The van der Waals surface area contributed by atoms with Gasteiger partial charge in [0.1, 0.15) is 17.3 Å². The summed E-state index contributed by atoms with van der Waals surface area (Å²) in [6.07, 6.45) is 2.77. The minimum Gasteiger partial charge on any atom is -0.493 e. The molecule has 6 rings (SSSR count). The fourth-order valence-corrected chi connectivity index (χ4v) is 6.61. The highest BCUT2D eigenvalue weighted by atomic mass is 19.1. The summed E-state index contributed by atoms with van der Waals surface area (Å²) in [5.74, 6) is 0.177. The molecule has 0 saturated carbocycles. The lowest BCUT2D eigenvalue weighted by Gasteiger charge is -2.30. The minimum atomic E-state index is -1.27. The van der Waals surface area contributed by atoms with Gasteiger partial charge in [-0.3, -0.25) is 4.98 Å². The van der Waals surface area contributed by atoms with Gasteiger partial charge in [0.25, 0.3) is 0 Å². The molecular formula is C41H46FNO7. The first-order chi connectivity index (χ1) is 24.1. The van der Waals surface area contributed by atoms with E-state index in [1.807, 2.05) is 64.1 Å². The standard InChI is InChI=1S/C41H46FNO7/c1-26-36(39(40(44)45)50-41(2,3)4)38(30-11-16-35-29(24-30)6-5-20-48-35)37(34(43-26)25-49-33-18-21-46-22-19-33)28-9-14-32(15-10-28)47-23-17-27-7-12-31(42)13-8-27/h7-16,24,33,39H,5-6,17-23,25H2,1-4H3,(H,44,45)/t39-/m0/s1. The number of aromatic nitrogens is 1. The molecular weight excluding hydrogens is 637 g/mol. The molecule has 1 saturated heterocycles. The molecule has 4 aromatic rings. The van der Waals surface area contributed by atoms with Crippen LogP contribution in [0, 0.1) is 12.7 Å². The fourth-order valence-electron chi connectivity index (χ4n) is 6.61. The van der Waals surface area contributed by atoms with E-state index in [-0.39, 0.29) is 18.5 Å². The van der Waals surface area contributed by atoms with Gasteiger partial charge in [0.15, 0.2) is 6.10 Å². The Hall–Kier alpha value is -4.31. The van der Waals surface area contributed by atoms with Crippen molar-refractivity contribution in [3.63, 3.8) is 0 Å². The Bertz CT molecular complexity index is 1780. The lowest BCUT2D eigenvalue weighted by atomic mass is 9.85. The van der Waals surface area contributed by atoms with Crippen LogP contribution in [0.1, 0.15) is 74.2 Å². The largest absolute Gasteiger partial charge is 0.493 e. The molecule has 3 aromatic carbocycles. The molecule has 1 atom stereocenters. The molecule has 2 aliphatic heterocycles. The van der Waals surface area contributed by atoms with E-state index in [0.29, 0.717) is 55.5 Å². The molecule has 0 aliphatic carbocycles. The molecule has 50 heavy (non-hydrogen) atoms. The van der Waals surface area contributed by atoms with E-state index in [0.717, 1.165) is 64.8 Å². The first kappa shape index (κ1) is 35.5. The molecule has 0 bridgehead atoms. The summed E-state index contributed by atoms with van der Waals surface area (Å²) in [6, 6.07) is 20.3. The Kier molecular flexibility index (Phi) is 11.2. The highest BCUT2D eigenvalue weighted by Gasteiger charge is 2.34. The van der Waals surface area contributed by atoms with Crippen molar-refractivity contribution < 1.29 is 38.0 Å². The van der Waals surface area contributed by atoms with Crippen LogP contribution in [-0.4, -0.2) is 54.2 Å². The predicted octanol–water partition coefficient (Wildman–Crippen LogP) is 8.45. The molecule has 1 fully saturated rings. The fraction of sp³-hybridized carbons (Fsp3) is 0.415. The van der Waals surface area contributed by atoms with Crippen LogP contribution in [0.5, 0.6) is 11.5 Å². The second-order valence-corrected chi connectivity index (χ2v) is 13.9. The van der Waals surface area contributed by atoms with Crippen LogP contribution in [0.3, 0.4) is 0 Å². The van der Waals surface area contributed by atoms with Crippen molar-refractivity contribution in [2.75, 3.05) is 26.4 Å². The monoisotopic (exact) mass is 683 g/mol. The van der Waals surface area contributed by atoms with Gasteiger partial charge < -0.3 is 28.8 Å². The van der Waals surface area contributed by atoms with Gasteiger partial charge >= 0.3 is 5.97 Å². The molecule has 1 aromatic heterocycles. The smallest absolute Gasteiger partial charge is 0.337 e. The maximum Gasteiger partial charge on any atom is 0.337 e. The van der Waals surface area contributed by atoms with Gasteiger partial charge in [-0.2, -0.15) is 0 Å². The quantitative estimate of drug-likeness (QED) is 0.159. The number of aryl methyl sites for hydroxylation is 2.